The number of aromatic hydroxyl groups is 2. The summed E-state index contributed by atoms with van der Waals surface area (Å²) in [6.07, 6.45) is 5.26. The molecule has 0 unspecified atom stereocenters. The van der Waals surface area contributed by atoms with Gasteiger partial charge in [-0.3, -0.25) is 0 Å². The fraction of sp³-hybridized carbons (Fsp3) is 0. The van der Waals surface area contributed by atoms with Gasteiger partial charge in [-0.1, -0.05) is 92.6 Å². The lowest BCUT2D eigenvalue weighted by Crippen LogP contribution is -1.94. The zero-order valence-corrected chi connectivity index (χ0v) is 21.3. The molecule has 0 amide bonds. The number of phenolic OH excluding ortho intramolecular Hbond substituents is 2. The molecular formula is C36H26O3. The van der Waals surface area contributed by atoms with Crippen LogP contribution in [0.2, 0.25) is 0 Å². The highest BCUT2D eigenvalue weighted by molar-refractivity contribution is 6.06. The molecule has 6 rings (SSSR count). The average Bonchev–Trinajstić information content (AvgIpc) is 2.96. The molecule has 188 valence electrons. The summed E-state index contributed by atoms with van der Waals surface area (Å²) in [4.78, 5) is 0. The van der Waals surface area contributed by atoms with Crippen LogP contribution in [0.25, 0.3) is 61.7 Å². The Labute approximate surface area is 226 Å². The van der Waals surface area contributed by atoms with Crippen LogP contribution >= 0.6 is 0 Å². The number of ether oxygens (including phenoxy) is 1. The van der Waals surface area contributed by atoms with E-state index in [0.717, 1.165) is 60.1 Å². The molecule has 6 aromatic carbocycles. The van der Waals surface area contributed by atoms with Gasteiger partial charge < -0.3 is 14.9 Å². The van der Waals surface area contributed by atoms with Gasteiger partial charge in [0.15, 0.2) is 0 Å². The minimum atomic E-state index is 0.206. The first-order chi connectivity index (χ1) is 19.0. The lowest BCUT2D eigenvalue weighted by Gasteiger charge is -2.18. The summed E-state index contributed by atoms with van der Waals surface area (Å²) in [6.45, 7) is 11.9. The van der Waals surface area contributed by atoms with Gasteiger partial charge in [0.25, 0.3) is 0 Å². The summed E-state index contributed by atoms with van der Waals surface area (Å²) in [5.74, 6) is 1.72. The van der Waals surface area contributed by atoms with Crippen molar-refractivity contribution in [3.8, 4) is 34.1 Å². The molecule has 0 fully saturated rings. The Morgan fingerprint density at radius 3 is 2.05 bits per heavy atom. The molecule has 0 aromatic heterocycles. The lowest BCUT2D eigenvalue weighted by atomic mass is 9.92. The van der Waals surface area contributed by atoms with Crippen molar-refractivity contribution in [2.24, 2.45) is 0 Å². The highest BCUT2D eigenvalue weighted by Gasteiger charge is 2.17. The molecule has 0 radical (unpaired) electrons. The van der Waals surface area contributed by atoms with Crippen molar-refractivity contribution < 1.29 is 14.9 Å². The molecule has 0 atom stereocenters. The Balaban J connectivity index is 1.57. The van der Waals surface area contributed by atoms with E-state index in [-0.39, 0.29) is 11.5 Å². The Kier molecular flexibility index (Phi) is 5.90. The maximum atomic E-state index is 11.0. The van der Waals surface area contributed by atoms with Gasteiger partial charge in [-0.05, 0) is 69.2 Å². The highest BCUT2D eigenvalue weighted by atomic mass is 16.5. The summed E-state index contributed by atoms with van der Waals surface area (Å²) in [6, 6.07) is 29.1. The molecule has 3 nitrogen and oxygen atoms in total. The van der Waals surface area contributed by atoms with E-state index in [2.05, 4.69) is 31.9 Å². The second-order valence-electron chi connectivity index (χ2n) is 9.43. The number of hydrogen-bond acceptors (Lipinski definition) is 3. The van der Waals surface area contributed by atoms with Crippen LogP contribution in [0.15, 0.2) is 111 Å². The fourth-order valence-electron chi connectivity index (χ4n) is 5.30. The highest BCUT2D eigenvalue weighted by Crippen LogP contribution is 2.44. The van der Waals surface area contributed by atoms with Gasteiger partial charge in [0, 0.05) is 27.3 Å². The van der Waals surface area contributed by atoms with Crippen molar-refractivity contribution in [3.63, 3.8) is 0 Å². The van der Waals surface area contributed by atoms with Crippen LogP contribution in [-0.4, -0.2) is 10.2 Å². The van der Waals surface area contributed by atoms with Gasteiger partial charge in [-0.2, -0.15) is 0 Å². The van der Waals surface area contributed by atoms with Gasteiger partial charge >= 0.3 is 0 Å². The molecule has 39 heavy (non-hydrogen) atoms. The molecular weight excluding hydrogens is 480 g/mol. The summed E-state index contributed by atoms with van der Waals surface area (Å²) in [7, 11) is 0. The van der Waals surface area contributed by atoms with E-state index in [0.29, 0.717) is 11.5 Å². The molecule has 0 aliphatic carbocycles. The van der Waals surface area contributed by atoms with Gasteiger partial charge in [-0.15, -0.1) is 0 Å². The summed E-state index contributed by atoms with van der Waals surface area (Å²) in [5, 5.41) is 26.6. The fourth-order valence-corrected chi connectivity index (χ4v) is 5.30. The van der Waals surface area contributed by atoms with Crippen molar-refractivity contribution in [3.05, 3.63) is 127 Å². The van der Waals surface area contributed by atoms with Gasteiger partial charge in [0.05, 0.1) is 0 Å². The molecule has 0 aliphatic rings. The monoisotopic (exact) mass is 506 g/mol. The van der Waals surface area contributed by atoms with Crippen molar-refractivity contribution in [2.45, 2.75) is 0 Å². The second-order valence-corrected chi connectivity index (χ2v) is 9.43. The van der Waals surface area contributed by atoms with Gasteiger partial charge in [0.1, 0.15) is 23.0 Å². The number of rotatable bonds is 6. The Hall–Kier alpha value is -5.28. The number of benzene rings is 6. The van der Waals surface area contributed by atoms with E-state index in [1.165, 1.54) is 0 Å². The van der Waals surface area contributed by atoms with E-state index in [1.54, 1.807) is 30.4 Å². The first-order valence-electron chi connectivity index (χ1n) is 12.6. The van der Waals surface area contributed by atoms with Gasteiger partial charge in [0.2, 0.25) is 0 Å². The molecule has 0 heterocycles. The van der Waals surface area contributed by atoms with Crippen molar-refractivity contribution in [2.75, 3.05) is 0 Å². The molecule has 0 spiro atoms. The third kappa shape index (κ3) is 4.01. The van der Waals surface area contributed by atoms with Crippen molar-refractivity contribution in [1.82, 2.24) is 0 Å². The molecule has 0 saturated carbocycles. The van der Waals surface area contributed by atoms with E-state index in [4.69, 9.17) is 4.74 Å². The number of fused-ring (bicyclic) bond motifs is 3. The third-order valence-electron chi connectivity index (χ3n) is 7.18. The molecule has 2 N–H and O–H groups in total. The molecule has 0 saturated heterocycles. The van der Waals surface area contributed by atoms with Crippen LogP contribution in [0.3, 0.4) is 0 Å². The maximum absolute atomic E-state index is 11.0. The SMILES string of the molecule is C=Cc1cc2c(O)cccc2cc1Oc1c(C=C)cc(-c2cc(O)c3c(C=C)cccc3c2)c2ccccc12. The van der Waals surface area contributed by atoms with E-state index in [9.17, 15) is 10.2 Å². The van der Waals surface area contributed by atoms with Crippen LogP contribution in [0.5, 0.6) is 23.0 Å². The predicted octanol–water partition coefficient (Wildman–Crippen LogP) is 9.95. The van der Waals surface area contributed by atoms with Gasteiger partial charge in [-0.25, -0.2) is 0 Å². The number of hydrogen-bond donors (Lipinski definition) is 2. The zero-order valence-electron chi connectivity index (χ0n) is 21.3. The molecule has 0 aliphatic heterocycles. The van der Waals surface area contributed by atoms with E-state index in [1.807, 2.05) is 66.7 Å². The Morgan fingerprint density at radius 1 is 0.564 bits per heavy atom. The Morgan fingerprint density at radius 2 is 1.28 bits per heavy atom. The largest absolute Gasteiger partial charge is 0.507 e. The lowest BCUT2D eigenvalue weighted by molar-refractivity contribution is 0.480. The first-order valence-corrected chi connectivity index (χ1v) is 12.6. The zero-order chi connectivity index (χ0) is 27.1. The summed E-state index contributed by atoms with van der Waals surface area (Å²) in [5.41, 5.74) is 4.32. The van der Waals surface area contributed by atoms with Crippen LogP contribution in [0, 0.1) is 0 Å². The average molecular weight is 507 g/mol. The Bertz CT molecular complexity index is 1960. The molecule has 0 bridgehead atoms. The number of phenols is 2. The normalized spacial score (nSPS) is 11.1. The predicted molar refractivity (Wildman–Crippen MR) is 165 cm³/mol. The van der Waals surface area contributed by atoms with Crippen LogP contribution in [0.1, 0.15) is 16.7 Å². The van der Waals surface area contributed by atoms with Crippen LogP contribution in [0.4, 0.5) is 0 Å². The standard InChI is InChI=1S/C36H26O3/c1-4-22-11-9-13-26-17-27(20-33(38)35(22)26)30-19-24(6-3)36(29-15-8-7-14-28(29)30)39-34-21-25-12-10-16-32(37)31(25)18-23(34)5-2/h4-21,37-38H,1-3H2. The summed E-state index contributed by atoms with van der Waals surface area (Å²) >= 11 is 0. The summed E-state index contributed by atoms with van der Waals surface area (Å²) < 4.78 is 6.61. The maximum Gasteiger partial charge on any atom is 0.142 e. The topological polar surface area (TPSA) is 49.7 Å². The van der Waals surface area contributed by atoms with Crippen LogP contribution in [-0.2, 0) is 0 Å². The smallest absolute Gasteiger partial charge is 0.142 e. The molecule has 6 aromatic rings. The first kappa shape index (κ1) is 24.1. The molecule has 3 heteroatoms. The minimum absolute atomic E-state index is 0.206. The minimum Gasteiger partial charge on any atom is -0.507 e. The van der Waals surface area contributed by atoms with Crippen molar-refractivity contribution in [1.29, 1.82) is 0 Å². The van der Waals surface area contributed by atoms with E-state index >= 15 is 0 Å². The third-order valence-corrected chi connectivity index (χ3v) is 7.18. The van der Waals surface area contributed by atoms with E-state index < -0.39 is 0 Å². The van der Waals surface area contributed by atoms with Crippen molar-refractivity contribution >= 4 is 50.5 Å². The van der Waals surface area contributed by atoms with Crippen LogP contribution < -0.4 is 4.74 Å². The quantitative estimate of drug-likeness (QED) is 0.236. The second kappa shape index (κ2) is 9.55.